The number of hydrogen-bond donors (Lipinski definition) is 1. The molecule has 3 rings (SSSR count). The molecule has 1 saturated heterocycles. The van der Waals surface area contributed by atoms with Crippen molar-refractivity contribution in [2.24, 2.45) is 0 Å². The number of carbonyl (C=O) groups excluding carboxylic acids is 1. The van der Waals surface area contributed by atoms with E-state index in [0.29, 0.717) is 29.3 Å². The standard InChI is InChI=1S/C21H28N4O3/c1-15-16(21(26)24-17-8-4-5-10-19(17)28-3)14-22-20(23-15)18-9-6-7-11-25(18)12-13-27-2/h4-5,8,10,14,18H,6-7,9,11-13H2,1-3H3,(H,24,26)/t18-/m1/s1. The molecule has 28 heavy (non-hydrogen) atoms. The van der Waals surface area contributed by atoms with Crippen LogP contribution in [-0.4, -0.2) is 54.7 Å². The van der Waals surface area contributed by atoms with Gasteiger partial charge in [-0.3, -0.25) is 9.69 Å². The van der Waals surface area contributed by atoms with Crippen LogP contribution in [0.15, 0.2) is 30.5 Å². The lowest BCUT2D eigenvalue weighted by Crippen LogP contribution is -2.37. The number of methoxy groups -OCH3 is 2. The number of anilines is 1. The molecule has 1 aliphatic rings. The van der Waals surface area contributed by atoms with Crippen LogP contribution >= 0.6 is 0 Å². The monoisotopic (exact) mass is 384 g/mol. The van der Waals surface area contributed by atoms with E-state index in [-0.39, 0.29) is 11.9 Å². The van der Waals surface area contributed by atoms with Gasteiger partial charge in [-0.15, -0.1) is 0 Å². The van der Waals surface area contributed by atoms with Crippen molar-refractivity contribution in [1.82, 2.24) is 14.9 Å². The van der Waals surface area contributed by atoms with Crippen molar-refractivity contribution in [3.05, 3.63) is 47.5 Å². The molecule has 1 aliphatic heterocycles. The summed E-state index contributed by atoms with van der Waals surface area (Å²) >= 11 is 0. The molecule has 0 unspecified atom stereocenters. The van der Waals surface area contributed by atoms with Gasteiger partial charge in [0.1, 0.15) is 11.6 Å². The molecule has 150 valence electrons. The van der Waals surface area contributed by atoms with Gasteiger partial charge in [0, 0.05) is 19.9 Å². The lowest BCUT2D eigenvalue weighted by molar-refractivity contribution is 0.0920. The molecule has 7 nitrogen and oxygen atoms in total. The molecule has 0 spiro atoms. The zero-order chi connectivity index (χ0) is 19.9. The molecule has 2 heterocycles. The molecule has 1 N–H and O–H groups in total. The first-order valence-corrected chi connectivity index (χ1v) is 9.65. The number of hydrogen-bond acceptors (Lipinski definition) is 6. The fraction of sp³-hybridized carbons (Fsp3) is 0.476. The number of nitrogens with zero attached hydrogens (tertiary/aromatic N) is 3. The van der Waals surface area contributed by atoms with Crippen LogP contribution in [0, 0.1) is 6.92 Å². The first-order valence-electron chi connectivity index (χ1n) is 9.65. The van der Waals surface area contributed by atoms with E-state index in [9.17, 15) is 4.79 Å². The molecule has 1 aromatic carbocycles. The van der Waals surface area contributed by atoms with Crippen molar-refractivity contribution >= 4 is 11.6 Å². The molecule has 0 bridgehead atoms. The Morgan fingerprint density at radius 1 is 1.29 bits per heavy atom. The highest BCUT2D eigenvalue weighted by Gasteiger charge is 2.26. The quantitative estimate of drug-likeness (QED) is 0.790. The first kappa shape index (κ1) is 20.2. The highest BCUT2D eigenvalue weighted by Crippen LogP contribution is 2.29. The third-order valence-electron chi connectivity index (χ3n) is 5.09. The summed E-state index contributed by atoms with van der Waals surface area (Å²) in [5.41, 5.74) is 1.76. The number of aryl methyl sites for hydroxylation is 1. The number of para-hydroxylation sites is 2. The number of piperidine rings is 1. The second-order valence-corrected chi connectivity index (χ2v) is 6.92. The van der Waals surface area contributed by atoms with Crippen molar-refractivity contribution in [2.45, 2.75) is 32.2 Å². The van der Waals surface area contributed by atoms with E-state index in [2.05, 4.69) is 20.2 Å². The van der Waals surface area contributed by atoms with E-state index in [1.54, 1.807) is 32.5 Å². The van der Waals surface area contributed by atoms with E-state index in [1.807, 2.05) is 19.1 Å². The van der Waals surface area contributed by atoms with Crippen molar-refractivity contribution in [3.63, 3.8) is 0 Å². The zero-order valence-corrected chi connectivity index (χ0v) is 16.8. The molecule has 0 saturated carbocycles. The van der Waals surface area contributed by atoms with Crippen molar-refractivity contribution < 1.29 is 14.3 Å². The molecular weight excluding hydrogens is 356 g/mol. The number of amides is 1. The Morgan fingerprint density at radius 2 is 2.11 bits per heavy atom. The predicted octanol–water partition coefficient (Wildman–Crippen LogP) is 3.22. The molecule has 1 atom stereocenters. The average molecular weight is 384 g/mol. The van der Waals surface area contributed by atoms with Gasteiger partial charge in [-0.2, -0.15) is 0 Å². The van der Waals surface area contributed by atoms with Crippen LogP contribution in [0.25, 0.3) is 0 Å². The lowest BCUT2D eigenvalue weighted by atomic mass is 10.0. The van der Waals surface area contributed by atoms with Crippen LogP contribution in [0.1, 0.15) is 47.2 Å². The van der Waals surface area contributed by atoms with Gasteiger partial charge in [0.05, 0.1) is 36.7 Å². The maximum Gasteiger partial charge on any atom is 0.259 e. The Kier molecular flexibility index (Phi) is 6.95. The second kappa shape index (κ2) is 9.61. The molecule has 0 radical (unpaired) electrons. The second-order valence-electron chi connectivity index (χ2n) is 6.92. The number of rotatable bonds is 7. The Balaban J connectivity index is 1.76. The highest BCUT2D eigenvalue weighted by atomic mass is 16.5. The SMILES string of the molecule is COCCN1CCCC[C@@H]1c1ncc(C(=O)Nc2ccccc2OC)c(C)n1. The van der Waals surface area contributed by atoms with Gasteiger partial charge in [-0.1, -0.05) is 18.6 Å². The Bertz CT molecular complexity index is 812. The van der Waals surface area contributed by atoms with E-state index in [0.717, 1.165) is 31.8 Å². The summed E-state index contributed by atoms with van der Waals surface area (Å²) in [7, 11) is 3.29. The van der Waals surface area contributed by atoms with Crippen LogP contribution in [0.2, 0.25) is 0 Å². The maximum absolute atomic E-state index is 12.7. The van der Waals surface area contributed by atoms with Gasteiger partial charge < -0.3 is 14.8 Å². The summed E-state index contributed by atoms with van der Waals surface area (Å²) in [6.45, 7) is 4.42. The van der Waals surface area contributed by atoms with Gasteiger partial charge in [0.15, 0.2) is 0 Å². The topological polar surface area (TPSA) is 76.6 Å². The Hall–Kier alpha value is -2.51. The summed E-state index contributed by atoms with van der Waals surface area (Å²) in [4.78, 5) is 24.3. The number of benzene rings is 1. The molecule has 1 aromatic heterocycles. The van der Waals surface area contributed by atoms with Crippen LogP contribution in [0.3, 0.4) is 0 Å². The minimum atomic E-state index is -0.242. The molecule has 1 fully saturated rings. The molecular formula is C21H28N4O3. The van der Waals surface area contributed by atoms with Crippen molar-refractivity contribution in [2.75, 3.05) is 39.2 Å². The summed E-state index contributed by atoms with van der Waals surface area (Å²) in [5, 5.41) is 2.88. The summed E-state index contributed by atoms with van der Waals surface area (Å²) < 4.78 is 10.5. The van der Waals surface area contributed by atoms with Gasteiger partial charge in [0.25, 0.3) is 5.91 Å². The minimum Gasteiger partial charge on any atom is -0.495 e. The summed E-state index contributed by atoms with van der Waals surface area (Å²) in [6, 6.07) is 7.49. The summed E-state index contributed by atoms with van der Waals surface area (Å²) in [6.07, 6.45) is 4.99. The van der Waals surface area contributed by atoms with Gasteiger partial charge >= 0.3 is 0 Å². The third-order valence-corrected chi connectivity index (χ3v) is 5.09. The molecule has 7 heteroatoms. The zero-order valence-electron chi connectivity index (χ0n) is 16.8. The summed E-state index contributed by atoms with van der Waals surface area (Å²) in [5.74, 6) is 1.15. The van der Waals surface area contributed by atoms with Crippen LogP contribution < -0.4 is 10.1 Å². The van der Waals surface area contributed by atoms with Crippen molar-refractivity contribution in [3.8, 4) is 5.75 Å². The van der Waals surface area contributed by atoms with E-state index < -0.39 is 0 Å². The smallest absolute Gasteiger partial charge is 0.259 e. The van der Waals surface area contributed by atoms with E-state index in [4.69, 9.17) is 9.47 Å². The molecule has 0 aliphatic carbocycles. The fourth-order valence-electron chi connectivity index (χ4n) is 3.57. The highest BCUT2D eigenvalue weighted by molar-refractivity contribution is 6.05. The van der Waals surface area contributed by atoms with Gasteiger partial charge in [-0.05, 0) is 38.4 Å². The number of ether oxygens (including phenoxy) is 2. The number of aromatic nitrogens is 2. The Labute approximate surface area is 166 Å². The van der Waals surface area contributed by atoms with Crippen LogP contribution in [0.5, 0.6) is 5.75 Å². The first-order chi connectivity index (χ1) is 13.6. The fourth-order valence-corrected chi connectivity index (χ4v) is 3.57. The van der Waals surface area contributed by atoms with Gasteiger partial charge in [-0.25, -0.2) is 9.97 Å². The average Bonchev–Trinajstić information content (AvgIpc) is 2.72. The minimum absolute atomic E-state index is 0.175. The van der Waals surface area contributed by atoms with E-state index >= 15 is 0 Å². The maximum atomic E-state index is 12.7. The van der Waals surface area contributed by atoms with Crippen molar-refractivity contribution in [1.29, 1.82) is 0 Å². The third kappa shape index (κ3) is 4.66. The van der Waals surface area contributed by atoms with Gasteiger partial charge in [0.2, 0.25) is 0 Å². The van der Waals surface area contributed by atoms with Crippen LogP contribution in [-0.2, 0) is 4.74 Å². The molecule has 1 amide bonds. The Morgan fingerprint density at radius 3 is 2.86 bits per heavy atom. The number of nitrogens with one attached hydrogen (secondary N) is 1. The predicted molar refractivity (Wildman–Crippen MR) is 108 cm³/mol. The van der Waals surface area contributed by atoms with E-state index in [1.165, 1.54) is 6.42 Å². The molecule has 2 aromatic rings. The number of likely N-dealkylation sites (tertiary alicyclic amines) is 1. The number of carbonyl (C=O) groups is 1. The van der Waals surface area contributed by atoms with Crippen LogP contribution in [0.4, 0.5) is 5.69 Å². The lowest BCUT2D eigenvalue weighted by Gasteiger charge is -2.34. The normalized spacial score (nSPS) is 17.3. The largest absolute Gasteiger partial charge is 0.495 e.